The molecule has 0 radical (unpaired) electrons. The van der Waals surface area contributed by atoms with Gasteiger partial charge in [-0.05, 0) is 19.4 Å². The van der Waals surface area contributed by atoms with Gasteiger partial charge in [0.25, 0.3) is 0 Å². The minimum absolute atomic E-state index is 0.0458. The van der Waals surface area contributed by atoms with E-state index in [1.54, 1.807) is 6.07 Å². The molecule has 0 saturated heterocycles. The summed E-state index contributed by atoms with van der Waals surface area (Å²) < 4.78 is 43.7. The number of ether oxygens (including phenoxy) is 1. The van der Waals surface area contributed by atoms with E-state index in [2.05, 4.69) is 6.58 Å². The fourth-order valence-electron chi connectivity index (χ4n) is 1.49. The fourth-order valence-corrected chi connectivity index (χ4v) is 1.49. The molecule has 2 unspecified atom stereocenters. The van der Waals surface area contributed by atoms with Crippen LogP contribution < -0.4 is 0 Å². The predicted octanol–water partition coefficient (Wildman–Crippen LogP) is 3.16. The van der Waals surface area contributed by atoms with E-state index in [1.165, 1.54) is 31.2 Å². The summed E-state index contributed by atoms with van der Waals surface area (Å²) in [5.41, 5.74) is -3.22. The van der Waals surface area contributed by atoms with Crippen molar-refractivity contribution >= 4 is 5.97 Å². The lowest BCUT2D eigenvalue weighted by Crippen LogP contribution is -2.49. The van der Waals surface area contributed by atoms with Gasteiger partial charge in [0.15, 0.2) is 11.7 Å². The van der Waals surface area contributed by atoms with Crippen LogP contribution in [0.2, 0.25) is 0 Å². The van der Waals surface area contributed by atoms with Gasteiger partial charge < -0.3 is 9.84 Å². The number of halogens is 3. The quantitative estimate of drug-likeness (QED) is 0.684. The van der Waals surface area contributed by atoms with Crippen LogP contribution in [0.3, 0.4) is 0 Å². The van der Waals surface area contributed by atoms with E-state index < -0.39 is 23.9 Å². The van der Waals surface area contributed by atoms with Crippen molar-refractivity contribution in [3.63, 3.8) is 0 Å². The van der Waals surface area contributed by atoms with Gasteiger partial charge in [0.1, 0.15) is 0 Å². The van der Waals surface area contributed by atoms with E-state index in [-0.39, 0.29) is 11.1 Å². The maximum absolute atomic E-state index is 13.0. The van der Waals surface area contributed by atoms with Crippen LogP contribution in [-0.2, 0) is 9.53 Å². The molecule has 110 valence electrons. The molecule has 20 heavy (non-hydrogen) atoms. The highest BCUT2D eigenvalue weighted by atomic mass is 19.4. The van der Waals surface area contributed by atoms with Crippen molar-refractivity contribution in [1.82, 2.24) is 0 Å². The van der Waals surface area contributed by atoms with Gasteiger partial charge >= 0.3 is 12.1 Å². The highest BCUT2D eigenvalue weighted by molar-refractivity contribution is 5.87. The molecule has 0 saturated carbocycles. The van der Waals surface area contributed by atoms with E-state index in [9.17, 15) is 23.1 Å². The molecule has 1 aromatic rings. The predicted molar refractivity (Wildman–Crippen MR) is 66.8 cm³/mol. The third-order valence-electron chi connectivity index (χ3n) is 2.76. The van der Waals surface area contributed by atoms with Crippen LogP contribution >= 0.6 is 0 Å². The monoisotopic (exact) mass is 288 g/mol. The largest absolute Gasteiger partial charge is 0.451 e. The highest BCUT2D eigenvalue weighted by Gasteiger charge is 2.57. The van der Waals surface area contributed by atoms with E-state index >= 15 is 0 Å². The summed E-state index contributed by atoms with van der Waals surface area (Å²) in [5, 5.41) is 9.76. The number of hydrogen-bond donors (Lipinski definition) is 1. The third-order valence-corrected chi connectivity index (χ3v) is 2.76. The molecule has 1 N–H and O–H groups in total. The van der Waals surface area contributed by atoms with E-state index in [4.69, 9.17) is 4.74 Å². The molecule has 3 nitrogen and oxygen atoms in total. The maximum atomic E-state index is 13.0. The Morgan fingerprint density at radius 1 is 1.30 bits per heavy atom. The lowest BCUT2D eigenvalue weighted by molar-refractivity contribution is -0.286. The second kappa shape index (κ2) is 5.66. The second-order valence-corrected chi connectivity index (χ2v) is 4.62. The second-order valence-electron chi connectivity index (χ2n) is 4.62. The van der Waals surface area contributed by atoms with Crippen molar-refractivity contribution in [2.75, 3.05) is 0 Å². The number of hydrogen-bond acceptors (Lipinski definition) is 3. The van der Waals surface area contributed by atoms with Crippen LogP contribution in [-0.4, -0.2) is 22.9 Å². The summed E-state index contributed by atoms with van der Waals surface area (Å²) in [7, 11) is 0. The molecule has 0 heterocycles. The first-order valence-corrected chi connectivity index (χ1v) is 5.78. The lowest BCUT2D eigenvalue weighted by atomic mass is 9.92. The van der Waals surface area contributed by atoms with E-state index in [1.807, 2.05) is 0 Å². The first-order chi connectivity index (χ1) is 9.07. The molecule has 0 bridgehead atoms. The van der Waals surface area contributed by atoms with Crippen LogP contribution in [0, 0.1) is 0 Å². The molecule has 0 fully saturated rings. The average molecular weight is 288 g/mol. The minimum atomic E-state index is -4.96. The number of benzene rings is 1. The molecule has 2 atom stereocenters. The molecule has 1 rings (SSSR count). The zero-order valence-corrected chi connectivity index (χ0v) is 11.1. The summed E-state index contributed by atoms with van der Waals surface area (Å²) in [4.78, 5) is 11.5. The summed E-state index contributed by atoms with van der Waals surface area (Å²) in [6, 6.07) is 7.27. The maximum Gasteiger partial charge on any atom is 0.420 e. The molecule has 0 amide bonds. The Hall–Kier alpha value is -1.82. The van der Waals surface area contributed by atoms with Crippen molar-refractivity contribution in [1.29, 1.82) is 0 Å². The fraction of sp³-hybridized carbons (Fsp3) is 0.357. The molecule has 0 aliphatic carbocycles. The summed E-state index contributed by atoms with van der Waals surface area (Å²) >= 11 is 0. The van der Waals surface area contributed by atoms with Gasteiger partial charge in [0, 0.05) is 5.57 Å². The average Bonchev–Trinajstić information content (AvgIpc) is 2.34. The normalized spacial score (nSPS) is 16.1. The van der Waals surface area contributed by atoms with Crippen molar-refractivity contribution < 1.29 is 27.8 Å². The van der Waals surface area contributed by atoms with Gasteiger partial charge in [0.05, 0.1) is 0 Å². The van der Waals surface area contributed by atoms with Crippen molar-refractivity contribution in [3.05, 3.63) is 48.0 Å². The molecule has 0 aromatic heterocycles. The zero-order valence-electron chi connectivity index (χ0n) is 11.1. The van der Waals surface area contributed by atoms with Gasteiger partial charge in [-0.3, -0.25) is 0 Å². The number of carbonyl (C=O) groups excluding carboxylic acids is 1. The standard InChI is InChI=1S/C14H15F3O3/c1-9(2)12(18)20-11(10-7-5-4-6-8-10)13(3,19)14(15,16)17/h4-8,11,19H,1H2,2-3H3. The SMILES string of the molecule is C=C(C)C(=O)OC(c1ccccc1)C(C)(O)C(F)(F)F. The topological polar surface area (TPSA) is 46.5 Å². The Morgan fingerprint density at radius 3 is 2.20 bits per heavy atom. The number of carbonyl (C=O) groups is 1. The molecule has 0 spiro atoms. The number of esters is 1. The van der Waals surface area contributed by atoms with Gasteiger partial charge in [-0.15, -0.1) is 0 Å². The Morgan fingerprint density at radius 2 is 1.80 bits per heavy atom. The molecular weight excluding hydrogens is 273 g/mol. The van der Waals surface area contributed by atoms with Crippen LogP contribution in [0.1, 0.15) is 25.5 Å². The van der Waals surface area contributed by atoms with Crippen LogP contribution in [0.25, 0.3) is 0 Å². The Balaban J connectivity index is 3.22. The molecule has 0 aliphatic rings. The molecular formula is C14H15F3O3. The summed E-state index contributed by atoms with van der Waals surface area (Å²) in [6.07, 6.45) is -6.82. The first-order valence-electron chi connectivity index (χ1n) is 5.78. The first kappa shape index (κ1) is 16.2. The van der Waals surface area contributed by atoms with Crippen molar-refractivity contribution in [2.45, 2.75) is 31.7 Å². The number of rotatable bonds is 4. The van der Waals surface area contributed by atoms with E-state index in [0.717, 1.165) is 0 Å². The van der Waals surface area contributed by atoms with E-state index in [0.29, 0.717) is 6.92 Å². The molecule has 0 aliphatic heterocycles. The van der Waals surface area contributed by atoms with Gasteiger partial charge in [-0.25, -0.2) is 4.79 Å². The third kappa shape index (κ3) is 3.39. The molecule has 1 aromatic carbocycles. The number of alkyl halides is 3. The highest BCUT2D eigenvalue weighted by Crippen LogP contribution is 2.42. The summed E-state index contributed by atoms with van der Waals surface area (Å²) in [5.74, 6) is -0.997. The van der Waals surface area contributed by atoms with Crippen molar-refractivity contribution in [3.8, 4) is 0 Å². The van der Waals surface area contributed by atoms with Gasteiger partial charge in [-0.2, -0.15) is 13.2 Å². The van der Waals surface area contributed by atoms with Crippen LogP contribution in [0.4, 0.5) is 13.2 Å². The Kier molecular flexibility index (Phi) is 4.60. The van der Waals surface area contributed by atoms with Crippen LogP contribution in [0.5, 0.6) is 0 Å². The Bertz CT molecular complexity index is 492. The van der Waals surface area contributed by atoms with Gasteiger partial charge in [-0.1, -0.05) is 36.9 Å². The molecule has 6 heteroatoms. The smallest absolute Gasteiger partial charge is 0.420 e. The zero-order chi connectivity index (χ0) is 15.6. The minimum Gasteiger partial charge on any atom is -0.451 e. The lowest BCUT2D eigenvalue weighted by Gasteiger charge is -2.34. The summed E-state index contributed by atoms with van der Waals surface area (Å²) in [6.45, 7) is 5.19. The van der Waals surface area contributed by atoms with Crippen molar-refractivity contribution in [2.24, 2.45) is 0 Å². The van der Waals surface area contributed by atoms with Gasteiger partial charge in [0.2, 0.25) is 0 Å². The Labute approximate surface area is 114 Å². The van der Waals surface area contributed by atoms with Crippen LogP contribution in [0.15, 0.2) is 42.5 Å². The number of aliphatic hydroxyl groups is 1.